The zero-order chi connectivity index (χ0) is 43.6. The van der Waals surface area contributed by atoms with E-state index in [1.165, 1.54) is 0 Å². The number of ether oxygens (including phenoxy) is 1. The summed E-state index contributed by atoms with van der Waals surface area (Å²) in [6, 6.07) is 21.7. The molecule has 0 unspecified atom stereocenters. The number of unbranched alkanes of at least 4 members (excludes halogenated alkanes) is 4. The molecular formula is C50H68O9. The molecule has 9 heteroatoms. The summed E-state index contributed by atoms with van der Waals surface area (Å²) in [5.41, 5.74) is 4.42. The van der Waals surface area contributed by atoms with E-state index >= 15 is 0 Å². The number of aryl methyl sites for hydroxylation is 4. The molecule has 6 N–H and O–H groups in total. The fourth-order valence-electron chi connectivity index (χ4n) is 7.50. The second kappa shape index (κ2) is 23.7. The predicted molar refractivity (Wildman–Crippen MR) is 234 cm³/mol. The van der Waals surface area contributed by atoms with Crippen molar-refractivity contribution in [2.24, 2.45) is 0 Å². The summed E-state index contributed by atoms with van der Waals surface area (Å²) >= 11 is 0. The minimum absolute atomic E-state index is 0.125. The molecule has 0 heterocycles. The molecule has 0 aromatic heterocycles. The highest BCUT2D eigenvalue weighted by Crippen LogP contribution is 2.42. The second-order valence-electron chi connectivity index (χ2n) is 16.1. The largest absolute Gasteiger partial charge is 0.508 e. The Balaban J connectivity index is 0.00000222. The minimum Gasteiger partial charge on any atom is -0.508 e. The first-order valence-corrected chi connectivity index (χ1v) is 21.5. The van der Waals surface area contributed by atoms with Crippen molar-refractivity contribution in [2.75, 3.05) is 13.2 Å². The van der Waals surface area contributed by atoms with Gasteiger partial charge in [0.15, 0.2) is 0 Å². The van der Waals surface area contributed by atoms with Crippen LogP contribution in [0.15, 0.2) is 72.8 Å². The number of aromatic hydroxyl groups is 4. The predicted octanol–water partition coefficient (Wildman–Crippen LogP) is 10.0. The molecule has 4 rings (SSSR count). The van der Waals surface area contributed by atoms with E-state index < -0.39 is 22.8 Å². The van der Waals surface area contributed by atoms with Crippen LogP contribution in [0.3, 0.4) is 0 Å². The highest BCUT2D eigenvalue weighted by Gasteiger charge is 2.37. The number of carbonyl (C=O) groups excluding carboxylic acids is 2. The standard InChI is InChI=1S/C48H62O7.C2H6O2/c1-7-11-15-33-27-37(19-23-41(33)49)47(5,38-20-24-42(50)34(28-38)16-12-8-2)31-45(53)55-46(54)32-48(6,39-21-25-43(51)35(29-39)17-13-9-3)40-22-26-44(52)36(30-40)18-14-10-4;3-1-2-4/h19-30,49-52H,7-18,31-32H2,1-6H3;3-4H,1-2H2. The molecule has 0 radical (unpaired) electrons. The highest BCUT2D eigenvalue weighted by atomic mass is 16.6. The van der Waals surface area contributed by atoms with E-state index in [1.807, 2.05) is 62.4 Å². The van der Waals surface area contributed by atoms with Crippen LogP contribution < -0.4 is 0 Å². The van der Waals surface area contributed by atoms with Gasteiger partial charge in [-0.05, 0) is 120 Å². The van der Waals surface area contributed by atoms with Crippen molar-refractivity contribution in [3.8, 4) is 23.0 Å². The van der Waals surface area contributed by atoms with Gasteiger partial charge >= 0.3 is 11.9 Å². The van der Waals surface area contributed by atoms with Crippen LogP contribution in [0, 0.1) is 0 Å². The first kappa shape index (κ1) is 48.5. The van der Waals surface area contributed by atoms with Gasteiger partial charge in [0.1, 0.15) is 23.0 Å². The van der Waals surface area contributed by atoms with Crippen LogP contribution in [0.4, 0.5) is 0 Å². The third-order valence-electron chi connectivity index (χ3n) is 11.4. The average molecular weight is 813 g/mol. The number of hydrogen-bond donors (Lipinski definition) is 6. The van der Waals surface area contributed by atoms with Crippen molar-refractivity contribution in [1.29, 1.82) is 0 Å². The van der Waals surface area contributed by atoms with Crippen molar-refractivity contribution < 1.29 is 45.0 Å². The summed E-state index contributed by atoms with van der Waals surface area (Å²) in [6.07, 6.45) is 9.82. The Bertz CT molecular complexity index is 1700. The van der Waals surface area contributed by atoms with Crippen LogP contribution >= 0.6 is 0 Å². The Labute approximate surface area is 351 Å². The average Bonchev–Trinajstić information content (AvgIpc) is 3.22. The smallest absolute Gasteiger partial charge is 0.314 e. The third kappa shape index (κ3) is 13.3. The molecule has 0 amide bonds. The van der Waals surface area contributed by atoms with Crippen LogP contribution in [0.25, 0.3) is 0 Å². The Morgan fingerprint density at radius 1 is 0.458 bits per heavy atom. The lowest BCUT2D eigenvalue weighted by molar-refractivity contribution is -0.160. The molecule has 0 saturated carbocycles. The van der Waals surface area contributed by atoms with Crippen LogP contribution in [0.2, 0.25) is 0 Å². The molecule has 4 aromatic carbocycles. The second-order valence-corrected chi connectivity index (χ2v) is 16.1. The van der Waals surface area contributed by atoms with Gasteiger partial charge in [-0.15, -0.1) is 0 Å². The van der Waals surface area contributed by atoms with E-state index in [1.54, 1.807) is 24.3 Å². The normalized spacial score (nSPS) is 11.5. The minimum atomic E-state index is -0.958. The summed E-state index contributed by atoms with van der Waals surface area (Å²) in [5.74, 6) is -0.583. The first-order valence-electron chi connectivity index (χ1n) is 21.5. The molecule has 0 saturated heterocycles. The summed E-state index contributed by atoms with van der Waals surface area (Å²) in [5, 5.41) is 58.1. The Morgan fingerprint density at radius 2 is 0.695 bits per heavy atom. The number of aliphatic hydroxyl groups is 2. The number of esters is 2. The Kier molecular flexibility index (Phi) is 19.5. The van der Waals surface area contributed by atoms with Gasteiger partial charge in [-0.3, -0.25) is 9.59 Å². The molecule has 0 aliphatic heterocycles. The molecule has 59 heavy (non-hydrogen) atoms. The van der Waals surface area contributed by atoms with Gasteiger partial charge < -0.3 is 35.4 Å². The number of benzene rings is 4. The van der Waals surface area contributed by atoms with Crippen molar-refractivity contribution in [3.63, 3.8) is 0 Å². The van der Waals surface area contributed by atoms with Crippen molar-refractivity contribution in [2.45, 2.75) is 142 Å². The summed E-state index contributed by atoms with van der Waals surface area (Å²) < 4.78 is 5.73. The number of hydrogen-bond acceptors (Lipinski definition) is 9. The summed E-state index contributed by atoms with van der Waals surface area (Å²) in [7, 11) is 0. The molecule has 9 nitrogen and oxygen atoms in total. The molecule has 0 bridgehead atoms. The van der Waals surface area contributed by atoms with Crippen LogP contribution in [-0.4, -0.2) is 55.8 Å². The Morgan fingerprint density at radius 3 is 0.898 bits per heavy atom. The molecular weight excluding hydrogens is 745 g/mol. The van der Waals surface area contributed by atoms with E-state index in [2.05, 4.69) is 27.7 Å². The maximum Gasteiger partial charge on any atom is 0.314 e. The van der Waals surface area contributed by atoms with E-state index in [-0.39, 0.29) is 49.1 Å². The zero-order valence-corrected chi connectivity index (χ0v) is 36.1. The van der Waals surface area contributed by atoms with Crippen molar-refractivity contribution >= 4 is 11.9 Å². The first-order chi connectivity index (χ1) is 28.2. The van der Waals surface area contributed by atoms with E-state index in [9.17, 15) is 30.0 Å². The van der Waals surface area contributed by atoms with Gasteiger partial charge in [0.2, 0.25) is 0 Å². The number of carbonyl (C=O) groups is 2. The lowest BCUT2D eigenvalue weighted by atomic mass is 9.72. The van der Waals surface area contributed by atoms with Gasteiger partial charge in [-0.1, -0.05) is 116 Å². The molecule has 0 fully saturated rings. The summed E-state index contributed by atoms with van der Waals surface area (Å²) in [4.78, 5) is 28.1. The maximum absolute atomic E-state index is 14.0. The number of rotatable bonds is 21. The van der Waals surface area contributed by atoms with Crippen LogP contribution in [0.1, 0.15) is 150 Å². The van der Waals surface area contributed by atoms with Gasteiger partial charge in [0, 0.05) is 10.8 Å². The molecule has 0 spiro atoms. The van der Waals surface area contributed by atoms with Crippen molar-refractivity contribution in [3.05, 3.63) is 117 Å². The zero-order valence-electron chi connectivity index (χ0n) is 36.1. The number of phenols is 4. The molecule has 0 atom stereocenters. The van der Waals surface area contributed by atoms with E-state index in [4.69, 9.17) is 14.9 Å². The van der Waals surface area contributed by atoms with Gasteiger partial charge in [0.05, 0.1) is 26.1 Å². The van der Waals surface area contributed by atoms with E-state index in [0.29, 0.717) is 25.7 Å². The SMILES string of the molecule is CCCCc1cc(C(C)(CC(=O)OC(=O)CC(C)(c2ccc(O)c(CCCC)c2)c2ccc(O)c(CCCC)c2)c2ccc(O)c(CCCC)c2)ccc1O.OCCO. The van der Waals surface area contributed by atoms with Gasteiger partial charge in [0.25, 0.3) is 0 Å². The molecule has 322 valence electrons. The summed E-state index contributed by atoms with van der Waals surface area (Å²) in [6.45, 7) is 12.0. The Hall–Kier alpha value is -4.86. The maximum atomic E-state index is 14.0. The van der Waals surface area contributed by atoms with Gasteiger partial charge in [-0.2, -0.15) is 0 Å². The third-order valence-corrected chi connectivity index (χ3v) is 11.4. The molecule has 0 aliphatic rings. The number of phenolic OH excluding ortho intramolecular Hbond substituents is 4. The van der Waals surface area contributed by atoms with Crippen LogP contribution in [0.5, 0.6) is 23.0 Å². The molecule has 0 aliphatic carbocycles. The van der Waals surface area contributed by atoms with E-state index in [0.717, 1.165) is 95.9 Å². The lowest BCUT2D eigenvalue weighted by Gasteiger charge is -2.32. The monoisotopic (exact) mass is 812 g/mol. The fourth-order valence-corrected chi connectivity index (χ4v) is 7.50. The quantitative estimate of drug-likeness (QED) is 0.0355. The van der Waals surface area contributed by atoms with Gasteiger partial charge in [-0.25, -0.2) is 0 Å². The lowest BCUT2D eigenvalue weighted by Crippen LogP contribution is -2.32. The topological polar surface area (TPSA) is 165 Å². The molecule has 4 aromatic rings. The van der Waals surface area contributed by atoms with Crippen LogP contribution in [-0.2, 0) is 50.8 Å². The highest BCUT2D eigenvalue weighted by molar-refractivity contribution is 5.87. The number of aliphatic hydroxyl groups excluding tert-OH is 2. The van der Waals surface area contributed by atoms with Crippen molar-refractivity contribution in [1.82, 2.24) is 0 Å². The fraction of sp³-hybridized carbons (Fsp3) is 0.480.